The second kappa shape index (κ2) is 12.2. The summed E-state index contributed by atoms with van der Waals surface area (Å²) >= 11 is 0. The largest absolute Gasteiger partial charge is 0.379 e. The molecule has 0 heterocycles. The molecule has 1 aromatic rings. The average Bonchev–Trinajstić information content (AvgIpc) is 2.46. The molecule has 0 fully saturated rings. The lowest BCUT2D eigenvalue weighted by atomic mass is 10.2. The number of rotatable bonds is 12. The Bertz CT molecular complexity index is 290. The van der Waals surface area contributed by atoms with Crippen LogP contribution >= 0.6 is 0 Å². The van der Waals surface area contributed by atoms with Crippen molar-refractivity contribution in [2.75, 3.05) is 33.0 Å². The molecule has 0 aliphatic heterocycles. The van der Waals surface area contributed by atoms with E-state index in [0.29, 0.717) is 13.2 Å². The molecule has 0 radical (unpaired) electrons. The third-order valence-electron chi connectivity index (χ3n) is 2.86. The summed E-state index contributed by atoms with van der Waals surface area (Å²) in [5.74, 6) is 0. The molecule has 0 unspecified atom stereocenters. The lowest BCUT2D eigenvalue weighted by Gasteiger charge is -2.07. The van der Waals surface area contributed by atoms with E-state index in [4.69, 9.17) is 9.47 Å². The Morgan fingerprint density at radius 3 is 2.37 bits per heavy atom. The van der Waals surface area contributed by atoms with Crippen LogP contribution in [0.3, 0.4) is 0 Å². The predicted octanol–water partition coefficient (Wildman–Crippen LogP) is 3.00. The van der Waals surface area contributed by atoms with Crippen molar-refractivity contribution in [2.45, 2.75) is 32.7 Å². The highest BCUT2D eigenvalue weighted by atomic mass is 16.5. The molecule has 0 bridgehead atoms. The van der Waals surface area contributed by atoms with Crippen LogP contribution in [0, 0.1) is 0 Å². The van der Waals surface area contributed by atoms with Crippen molar-refractivity contribution < 1.29 is 9.47 Å². The van der Waals surface area contributed by atoms with Crippen LogP contribution < -0.4 is 5.32 Å². The van der Waals surface area contributed by atoms with E-state index in [-0.39, 0.29) is 0 Å². The van der Waals surface area contributed by atoms with Gasteiger partial charge in [-0.1, -0.05) is 50.1 Å². The summed E-state index contributed by atoms with van der Waals surface area (Å²) in [6.45, 7) is 6.99. The van der Waals surface area contributed by atoms with Gasteiger partial charge in [-0.15, -0.1) is 0 Å². The van der Waals surface area contributed by atoms with Crippen LogP contribution in [0.15, 0.2) is 30.3 Å². The number of hydrogen-bond donors (Lipinski definition) is 1. The van der Waals surface area contributed by atoms with Gasteiger partial charge in [-0.25, -0.2) is 0 Å². The van der Waals surface area contributed by atoms with Crippen molar-refractivity contribution in [3.8, 4) is 0 Å². The number of benzene rings is 1. The zero-order valence-electron chi connectivity index (χ0n) is 12.1. The fourth-order valence-corrected chi connectivity index (χ4v) is 1.75. The summed E-state index contributed by atoms with van der Waals surface area (Å²) in [6.07, 6.45) is 3.66. The van der Waals surface area contributed by atoms with Gasteiger partial charge in [-0.2, -0.15) is 0 Å². The van der Waals surface area contributed by atoms with Crippen molar-refractivity contribution in [1.29, 1.82) is 0 Å². The van der Waals surface area contributed by atoms with Crippen LogP contribution in [-0.2, 0) is 16.0 Å². The summed E-state index contributed by atoms with van der Waals surface area (Å²) in [6, 6.07) is 10.4. The Balaban J connectivity index is 1.79. The highest BCUT2D eigenvalue weighted by molar-refractivity contribution is 5.14. The molecular weight excluding hydrogens is 238 g/mol. The van der Waals surface area contributed by atoms with Gasteiger partial charge in [0.1, 0.15) is 0 Å². The van der Waals surface area contributed by atoms with Crippen molar-refractivity contribution in [3.63, 3.8) is 0 Å². The highest BCUT2D eigenvalue weighted by Gasteiger charge is 1.92. The molecule has 0 aliphatic rings. The molecule has 1 aromatic carbocycles. The third-order valence-corrected chi connectivity index (χ3v) is 2.86. The SMILES string of the molecule is CCCCCOCCOCCNCc1ccccc1. The van der Waals surface area contributed by atoms with Crippen LogP contribution in [-0.4, -0.2) is 33.0 Å². The minimum atomic E-state index is 0.694. The molecule has 0 saturated heterocycles. The van der Waals surface area contributed by atoms with Crippen LogP contribution in [0.4, 0.5) is 0 Å². The number of ether oxygens (including phenoxy) is 2. The number of unbranched alkanes of at least 4 members (excludes halogenated alkanes) is 2. The second-order valence-electron chi connectivity index (χ2n) is 4.59. The van der Waals surface area contributed by atoms with Crippen molar-refractivity contribution in [1.82, 2.24) is 5.32 Å². The molecule has 0 saturated carbocycles. The molecule has 0 spiro atoms. The van der Waals surface area contributed by atoms with E-state index in [0.717, 1.165) is 32.7 Å². The summed E-state index contributed by atoms with van der Waals surface area (Å²) in [7, 11) is 0. The van der Waals surface area contributed by atoms with Gasteiger partial charge in [0, 0.05) is 19.7 Å². The van der Waals surface area contributed by atoms with Crippen molar-refractivity contribution in [3.05, 3.63) is 35.9 Å². The molecule has 0 atom stereocenters. The van der Waals surface area contributed by atoms with Gasteiger partial charge in [0.25, 0.3) is 0 Å². The Morgan fingerprint density at radius 1 is 0.895 bits per heavy atom. The van der Waals surface area contributed by atoms with Crippen molar-refractivity contribution >= 4 is 0 Å². The Labute approximate surface area is 117 Å². The maximum Gasteiger partial charge on any atom is 0.0701 e. The molecule has 1 rings (SSSR count). The summed E-state index contributed by atoms with van der Waals surface area (Å²) in [5.41, 5.74) is 1.31. The molecule has 108 valence electrons. The Kier molecular flexibility index (Phi) is 10.3. The van der Waals surface area contributed by atoms with Gasteiger partial charge in [-0.05, 0) is 12.0 Å². The minimum absolute atomic E-state index is 0.694. The maximum atomic E-state index is 5.49. The van der Waals surface area contributed by atoms with E-state index in [1.54, 1.807) is 0 Å². The Hall–Kier alpha value is -0.900. The van der Waals surface area contributed by atoms with Crippen LogP contribution in [0.2, 0.25) is 0 Å². The first kappa shape index (κ1) is 16.2. The van der Waals surface area contributed by atoms with E-state index in [1.807, 2.05) is 6.07 Å². The maximum absolute atomic E-state index is 5.49. The van der Waals surface area contributed by atoms with Gasteiger partial charge in [0.15, 0.2) is 0 Å². The molecule has 1 N–H and O–H groups in total. The molecular formula is C16H27NO2. The van der Waals surface area contributed by atoms with Gasteiger partial charge in [-0.3, -0.25) is 0 Å². The highest BCUT2D eigenvalue weighted by Crippen LogP contribution is 1.96. The number of nitrogens with one attached hydrogen (secondary N) is 1. The molecule has 19 heavy (non-hydrogen) atoms. The van der Waals surface area contributed by atoms with E-state index >= 15 is 0 Å². The molecule has 3 heteroatoms. The first-order valence-electron chi connectivity index (χ1n) is 7.33. The van der Waals surface area contributed by atoms with E-state index in [2.05, 4.69) is 36.5 Å². The predicted molar refractivity (Wildman–Crippen MR) is 79.3 cm³/mol. The van der Waals surface area contributed by atoms with Crippen LogP contribution in [0.1, 0.15) is 31.7 Å². The quantitative estimate of drug-likeness (QED) is 0.589. The summed E-state index contributed by atoms with van der Waals surface area (Å²) in [4.78, 5) is 0. The summed E-state index contributed by atoms with van der Waals surface area (Å²) < 4.78 is 11.0. The van der Waals surface area contributed by atoms with Gasteiger partial charge >= 0.3 is 0 Å². The van der Waals surface area contributed by atoms with E-state index < -0.39 is 0 Å². The van der Waals surface area contributed by atoms with Crippen LogP contribution in [0.25, 0.3) is 0 Å². The normalized spacial score (nSPS) is 10.8. The molecule has 3 nitrogen and oxygen atoms in total. The lowest BCUT2D eigenvalue weighted by Crippen LogP contribution is -2.20. The van der Waals surface area contributed by atoms with E-state index in [9.17, 15) is 0 Å². The molecule has 0 amide bonds. The summed E-state index contributed by atoms with van der Waals surface area (Å²) in [5, 5.41) is 3.35. The topological polar surface area (TPSA) is 30.5 Å². The lowest BCUT2D eigenvalue weighted by molar-refractivity contribution is 0.0474. The van der Waals surface area contributed by atoms with Gasteiger partial charge in [0.2, 0.25) is 0 Å². The zero-order chi connectivity index (χ0) is 13.6. The Morgan fingerprint density at radius 2 is 1.63 bits per heavy atom. The molecule has 0 aliphatic carbocycles. The van der Waals surface area contributed by atoms with Gasteiger partial charge in [0.05, 0.1) is 19.8 Å². The van der Waals surface area contributed by atoms with Crippen LogP contribution in [0.5, 0.6) is 0 Å². The van der Waals surface area contributed by atoms with Gasteiger partial charge < -0.3 is 14.8 Å². The monoisotopic (exact) mass is 265 g/mol. The molecule has 0 aromatic heterocycles. The van der Waals surface area contributed by atoms with E-state index in [1.165, 1.54) is 18.4 Å². The second-order valence-corrected chi connectivity index (χ2v) is 4.59. The fraction of sp³-hybridized carbons (Fsp3) is 0.625. The standard InChI is InChI=1S/C16H27NO2/c1-2-3-7-11-18-13-14-19-12-10-17-15-16-8-5-4-6-9-16/h4-6,8-9,17H,2-3,7,10-15H2,1H3. The minimum Gasteiger partial charge on any atom is -0.379 e. The zero-order valence-corrected chi connectivity index (χ0v) is 12.1. The first-order chi connectivity index (χ1) is 9.43. The fourth-order valence-electron chi connectivity index (χ4n) is 1.75. The smallest absolute Gasteiger partial charge is 0.0701 e. The first-order valence-corrected chi connectivity index (χ1v) is 7.33. The third kappa shape index (κ3) is 9.65. The average molecular weight is 265 g/mol. The number of hydrogen-bond acceptors (Lipinski definition) is 3. The van der Waals surface area contributed by atoms with Crippen molar-refractivity contribution in [2.24, 2.45) is 0 Å².